The van der Waals surface area contributed by atoms with Crippen LogP contribution in [0.4, 0.5) is 0 Å². The Morgan fingerprint density at radius 2 is 2.19 bits per heavy atom. The van der Waals surface area contributed by atoms with Crippen LogP contribution in [0.2, 0.25) is 0 Å². The lowest BCUT2D eigenvalue weighted by molar-refractivity contribution is -0.129. The molecule has 6 nitrogen and oxygen atoms in total. The van der Waals surface area contributed by atoms with Crippen LogP contribution in [0.25, 0.3) is 10.7 Å². The molecule has 1 saturated carbocycles. The largest absolute Gasteiger partial charge is 0.338 e. The van der Waals surface area contributed by atoms with Crippen molar-refractivity contribution in [3.05, 3.63) is 17.5 Å². The lowest BCUT2D eigenvalue weighted by Gasteiger charge is -2.39. The van der Waals surface area contributed by atoms with Gasteiger partial charge in [-0.15, -0.1) is 21.5 Å². The van der Waals surface area contributed by atoms with E-state index in [1.54, 1.807) is 11.3 Å². The van der Waals surface area contributed by atoms with Crippen LogP contribution < -0.4 is 5.84 Å². The first-order valence-corrected chi connectivity index (χ1v) is 10.8. The van der Waals surface area contributed by atoms with E-state index in [0.717, 1.165) is 24.3 Å². The minimum absolute atomic E-state index is 0.182. The Morgan fingerprint density at radius 1 is 1.38 bits per heavy atom. The molecule has 0 unspecified atom stereocenters. The summed E-state index contributed by atoms with van der Waals surface area (Å²) in [5.41, 5.74) is 0.569. The number of hydrogen-bond donors (Lipinski definition) is 1. The van der Waals surface area contributed by atoms with E-state index in [-0.39, 0.29) is 11.3 Å². The molecule has 1 aliphatic carbocycles. The number of nitrogen functional groups attached to an aromatic ring is 1. The highest BCUT2D eigenvalue weighted by Gasteiger charge is 2.50. The third-order valence-electron chi connectivity index (χ3n) is 5.47. The number of fused-ring (bicyclic) bond motifs is 2. The van der Waals surface area contributed by atoms with Crippen molar-refractivity contribution in [2.24, 2.45) is 10.8 Å². The van der Waals surface area contributed by atoms with E-state index in [0.29, 0.717) is 28.2 Å². The van der Waals surface area contributed by atoms with Crippen molar-refractivity contribution in [1.82, 2.24) is 19.8 Å². The molecule has 1 saturated heterocycles. The predicted octanol–water partition coefficient (Wildman–Crippen LogP) is 3.24. The molecule has 4 rings (SSSR count). The Kier molecular flexibility index (Phi) is 4.30. The van der Waals surface area contributed by atoms with Crippen LogP contribution in [0.5, 0.6) is 0 Å². The highest BCUT2D eigenvalue weighted by molar-refractivity contribution is 7.99. The van der Waals surface area contributed by atoms with E-state index >= 15 is 0 Å². The molecule has 2 N–H and O–H groups in total. The highest BCUT2D eigenvalue weighted by Crippen LogP contribution is 2.52. The second-order valence-electron chi connectivity index (χ2n) is 8.68. The van der Waals surface area contributed by atoms with Crippen LogP contribution in [-0.4, -0.2) is 44.0 Å². The van der Waals surface area contributed by atoms with Gasteiger partial charge in [0.1, 0.15) is 0 Å². The monoisotopic (exact) mass is 391 g/mol. The van der Waals surface area contributed by atoms with Gasteiger partial charge in [0.25, 0.3) is 0 Å². The molecular weight excluding hydrogens is 366 g/mol. The second kappa shape index (κ2) is 6.27. The molecular formula is C18H25N5OS2. The van der Waals surface area contributed by atoms with Crippen molar-refractivity contribution in [3.63, 3.8) is 0 Å². The summed E-state index contributed by atoms with van der Waals surface area (Å²) in [5, 5.41) is 10.9. The van der Waals surface area contributed by atoms with Crippen LogP contribution in [0, 0.1) is 10.8 Å². The first kappa shape index (κ1) is 17.9. The van der Waals surface area contributed by atoms with Gasteiger partial charge in [0.15, 0.2) is 5.82 Å². The molecule has 8 heteroatoms. The third kappa shape index (κ3) is 3.24. The number of hydrogen-bond acceptors (Lipinski definition) is 6. The minimum Gasteiger partial charge on any atom is -0.338 e. The molecule has 3 heterocycles. The first-order chi connectivity index (χ1) is 12.3. The second-order valence-corrected chi connectivity index (χ2v) is 10.6. The summed E-state index contributed by atoms with van der Waals surface area (Å²) in [6, 6.07) is 4.29. The summed E-state index contributed by atoms with van der Waals surface area (Å²) < 4.78 is 1.48. The predicted molar refractivity (Wildman–Crippen MR) is 105 cm³/mol. The quantitative estimate of drug-likeness (QED) is 0.639. The van der Waals surface area contributed by atoms with Gasteiger partial charge < -0.3 is 10.7 Å². The smallest absolute Gasteiger partial charge is 0.233 e. The van der Waals surface area contributed by atoms with Gasteiger partial charge in [-0.25, -0.2) is 4.68 Å². The van der Waals surface area contributed by atoms with Gasteiger partial charge in [0, 0.05) is 12.6 Å². The summed E-state index contributed by atoms with van der Waals surface area (Å²) in [5.74, 6) is 7.31. The molecule has 2 aromatic heterocycles. The first-order valence-electron chi connectivity index (χ1n) is 8.93. The Bertz CT molecular complexity index is 816. The summed E-state index contributed by atoms with van der Waals surface area (Å²) in [6.45, 7) is 7.84. The number of thioether (sulfide) groups is 1. The SMILES string of the molecule is CC1(C)C[C@@H]2C[C@](C)(CN2C(=O)CSc2nnc(-c3cccs3)n2N)C1. The third-order valence-corrected chi connectivity index (χ3v) is 7.26. The maximum atomic E-state index is 12.9. The molecule has 2 aliphatic rings. The van der Waals surface area contributed by atoms with Gasteiger partial charge in [-0.2, -0.15) is 0 Å². The molecule has 2 bridgehead atoms. The van der Waals surface area contributed by atoms with Gasteiger partial charge in [-0.1, -0.05) is 38.6 Å². The molecule has 1 aliphatic heterocycles. The number of aromatic nitrogens is 3. The van der Waals surface area contributed by atoms with Crippen LogP contribution in [-0.2, 0) is 4.79 Å². The Balaban J connectivity index is 1.42. The van der Waals surface area contributed by atoms with Gasteiger partial charge in [-0.3, -0.25) is 4.79 Å². The van der Waals surface area contributed by atoms with Gasteiger partial charge >= 0.3 is 0 Å². The van der Waals surface area contributed by atoms with E-state index in [4.69, 9.17) is 5.84 Å². The number of likely N-dealkylation sites (tertiary alicyclic amines) is 1. The molecule has 1 amide bonds. The molecule has 2 fully saturated rings. The number of carbonyl (C=O) groups is 1. The fourth-order valence-electron chi connectivity index (χ4n) is 4.91. The highest BCUT2D eigenvalue weighted by atomic mass is 32.2. The van der Waals surface area contributed by atoms with Gasteiger partial charge in [0.05, 0.1) is 10.6 Å². The van der Waals surface area contributed by atoms with E-state index in [9.17, 15) is 4.79 Å². The number of amides is 1. The maximum Gasteiger partial charge on any atom is 0.233 e. The molecule has 2 atom stereocenters. The number of carbonyl (C=O) groups excluding carboxylic acids is 1. The Labute approximate surface area is 162 Å². The van der Waals surface area contributed by atoms with Crippen molar-refractivity contribution in [2.75, 3.05) is 18.1 Å². The van der Waals surface area contributed by atoms with Crippen LogP contribution >= 0.6 is 23.1 Å². The van der Waals surface area contributed by atoms with Crippen LogP contribution in [0.1, 0.15) is 40.0 Å². The maximum absolute atomic E-state index is 12.9. The van der Waals surface area contributed by atoms with Gasteiger partial charge in [0.2, 0.25) is 11.1 Å². The zero-order valence-electron chi connectivity index (χ0n) is 15.4. The van der Waals surface area contributed by atoms with Crippen LogP contribution in [0.15, 0.2) is 22.7 Å². The molecule has 0 spiro atoms. The number of thiophene rings is 1. The zero-order valence-corrected chi connectivity index (χ0v) is 17.1. The Hall–Kier alpha value is -1.54. The average molecular weight is 392 g/mol. The zero-order chi connectivity index (χ0) is 18.5. The van der Waals surface area contributed by atoms with Crippen molar-refractivity contribution in [1.29, 1.82) is 0 Å². The van der Waals surface area contributed by atoms with Crippen molar-refractivity contribution in [2.45, 2.75) is 51.2 Å². The summed E-state index contributed by atoms with van der Waals surface area (Å²) in [7, 11) is 0. The normalized spacial score (nSPS) is 27.0. The van der Waals surface area contributed by atoms with E-state index in [1.807, 2.05) is 17.5 Å². The summed E-state index contributed by atoms with van der Waals surface area (Å²) in [4.78, 5) is 15.9. The standard InChI is InChI=1S/C18H25N5OS2/c1-17(2)7-12-8-18(3,10-17)11-22(12)14(24)9-26-16-21-20-15(23(16)19)13-5-4-6-25-13/h4-6,12H,7-11,19H2,1-3H3/t12-,18+/m1/s1. The average Bonchev–Trinajstić information content (AvgIpc) is 3.23. The van der Waals surface area contributed by atoms with Crippen molar-refractivity contribution < 1.29 is 4.79 Å². The topological polar surface area (TPSA) is 77.0 Å². The van der Waals surface area contributed by atoms with E-state index < -0.39 is 0 Å². The van der Waals surface area contributed by atoms with Gasteiger partial charge in [-0.05, 0) is 41.5 Å². The summed E-state index contributed by atoms with van der Waals surface area (Å²) >= 11 is 2.94. The van der Waals surface area contributed by atoms with Crippen LogP contribution in [0.3, 0.4) is 0 Å². The fraction of sp³-hybridized carbons (Fsp3) is 0.611. The fourth-order valence-corrected chi connectivity index (χ4v) is 6.36. The minimum atomic E-state index is 0.182. The van der Waals surface area contributed by atoms with E-state index in [2.05, 4.69) is 35.9 Å². The summed E-state index contributed by atoms with van der Waals surface area (Å²) in [6.07, 6.45) is 3.41. The Morgan fingerprint density at radius 3 is 2.92 bits per heavy atom. The lowest BCUT2D eigenvalue weighted by Crippen LogP contribution is -2.38. The number of nitrogens with zero attached hydrogens (tertiary/aromatic N) is 4. The molecule has 2 aromatic rings. The van der Waals surface area contributed by atoms with Crippen molar-refractivity contribution >= 4 is 29.0 Å². The number of nitrogens with two attached hydrogens (primary N) is 1. The molecule has 140 valence electrons. The van der Waals surface area contributed by atoms with E-state index in [1.165, 1.54) is 22.9 Å². The molecule has 0 aromatic carbocycles. The van der Waals surface area contributed by atoms with Crippen molar-refractivity contribution in [3.8, 4) is 10.7 Å². The molecule has 26 heavy (non-hydrogen) atoms. The molecule has 0 radical (unpaired) electrons. The lowest BCUT2D eigenvalue weighted by atomic mass is 9.65. The number of rotatable bonds is 4.